The molecule has 4 rings (SSSR count). The second-order valence-corrected chi connectivity index (χ2v) is 8.62. The lowest BCUT2D eigenvalue weighted by atomic mass is 10.1. The van der Waals surface area contributed by atoms with Crippen molar-refractivity contribution >= 4 is 11.8 Å². The van der Waals surface area contributed by atoms with Crippen molar-refractivity contribution < 1.29 is 14.3 Å². The highest BCUT2D eigenvalue weighted by Gasteiger charge is 2.33. The molecule has 3 atom stereocenters. The predicted molar refractivity (Wildman–Crippen MR) is 129 cm³/mol. The van der Waals surface area contributed by atoms with Crippen molar-refractivity contribution in [2.75, 3.05) is 6.61 Å². The lowest BCUT2D eigenvalue weighted by Crippen LogP contribution is -2.47. The lowest BCUT2D eigenvalue weighted by molar-refractivity contribution is -0.123. The third kappa shape index (κ3) is 6.45. The lowest BCUT2D eigenvalue weighted by Gasteiger charge is -2.19. The van der Waals surface area contributed by atoms with E-state index in [-0.39, 0.29) is 11.8 Å². The summed E-state index contributed by atoms with van der Waals surface area (Å²) in [4.78, 5) is 25.6. The molecule has 5 nitrogen and oxygen atoms in total. The summed E-state index contributed by atoms with van der Waals surface area (Å²) >= 11 is 0. The quantitative estimate of drug-likeness (QED) is 0.479. The summed E-state index contributed by atoms with van der Waals surface area (Å²) in [5.74, 6) is 1.69. The maximum absolute atomic E-state index is 12.9. The van der Waals surface area contributed by atoms with E-state index in [0.29, 0.717) is 31.1 Å². The van der Waals surface area contributed by atoms with E-state index < -0.39 is 6.04 Å². The molecule has 1 saturated carbocycles. The van der Waals surface area contributed by atoms with Crippen LogP contribution in [0.1, 0.15) is 47.2 Å². The zero-order valence-electron chi connectivity index (χ0n) is 18.9. The highest BCUT2D eigenvalue weighted by Crippen LogP contribution is 2.47. The average molecular weight is 443 g/mol. The zero-order chi connectivity index (χ0) is 23.0. The molecule has 1 fully saturated rings. The number of rotatable bonds is 10. The zero-order valence-corrected chi connectivity index (χ0v) is 18.9. The molecule has 5 heteroatoms. The van der Waals surface area contributed by atoms with Crippen LogP contribution in [0.25, 0.3) is 0 Å². The van der Waals surface area contributed by atoms with Gasteiger partial charge < -0.3 is 15.4 Å². The molecule has 0 saturated heterocycles. The van der Waals surface area contributed by atoms with Crippen LogP contribution in [-0.4, -0.2) is 24.5 Å². The van der Waals surface area contributed by atoms with E-state index in [2.05, 4.69) is 29.7 Å². The van der Waals surface area contributed by atoms with Crippen molar-refractivity contribution in [3.8, 4) is 5.75 Å². The Labute approximate surface area is 195 Å². The topological polar surface area (TPSA) is 67.4 Å². The van der Waals surface area contributed by atoms with Crippen LogP contribution >= 0.6 is 0 Å². The molecule has 1 aliphatic carbocycles. The Morgan fingerprint density at radius 2 is 1.58 bits per heavy atom. The number of carbonyl (C=O) groups excluding carboxylic acids is 2. The fourth-order valence-electron chi connectivity index (χ4n) is 3.90. The number of benzene rings is 3. The van der Waals surface area contributed by atoms with Crippen molar-refractivity contribution in [1.29, 1.82) is 0 Å². The van der Waals surface area contributed by atoms with E-state index in [9.17, 15) is 9.59 Å². The third-order valence-corrected chi connectivity index (χ3v) is 6.06. The first-order valence-corrected chi connectivity index (χ1v) is 11.5. The van der Waals surface area contributed by atoms with Crippen LogP contribution in [0.3, 0.4) is 0 Å². The molecule has 0 aliphatic heterocycles. The summed E-state index contributed by atoms with van der Waals surface area (Å²) < 4.78 is 5.89. The minimum absolute atomic E-state index is 0.232. The Bertz CT molecular complexity index is 1050. The average Bonchev–Trinajstić information content (AvgIpc) is 3.59. The largest absolute Gasteiger partial charge is 0.494 e. The van der Waals surface area contributed by atoms with E-state index in [1.165, 1.54) is 12.0 Å². The van der Waals surface area contributed by atoms with Crippen LogP contribution in [0.4, 0.5) is 0 Å². The summed E-state index contributed by atoms with van der Waals surface area (Å²) in [7, 11) is 0. The number of hydrogen-bond acceptors (Lipinski definition) is 3. The van der Waals surface area contributed by atoms with Gasteiger partial charge in [-0.2, -0.15) is 0 Å². The van der Waals surface area contributed by atoms with Gasteiger partial charge in [0.2, 0.25) is 5.91 Å². The Morgan fingerprint density at radius 3 is 2.21 bits per heavy atom. The normalized spacial score (nSPS) is 17.6. The van der Waals surface area contributed by atoms with Crippen LogP contribution in [0.2, 0.25) is 0 Å². The van der Waals surface area contributed by atoms with Gasteiger partial charge in [0, 0.05) is 18.5 Å². The standard InChI is InChI=1S/C28H30N2O3/c1-20-18-25(20)22-12-14-24(15-13-22)33-17-16-26(30-27(31)23-10-6-3-7-11-23)28(32)29-19-21-8-4-2-5-9-21/h2-15,20,25-26H,16-19H2,1H3,(H,29,32)(H,30,31). The van der Waals surface area contributed by atoms with E-state index >= 15 is 0 Å². The van der Waals surface area contributed by atoms with Gasteiger partial charge in [-0.1, -0.05) is 67.6 Å². The second-order valence-electron chi connectivity index (χ2n) is 8.62. The van der Waals surface area contributed by atoms with Gasteiger partial charge in [0.05, 0.1) is 6.61 Å². The van der Waals surface area contributed by atoms with Gasteiger partial charge >= 0.3 is 0 Å². The Hall–Kier alpha value is -3.60. The summed E-state index contributed by atoms with van der Waals surface area (Å²) in [6, 6.07) is 26.1. The number of carbonyl (C=O) groups is 2. The van der Waals surface area contributed by atoms with Gasteiger partial charge in [0.25, 0.3) is 5.91 Å². The van der Waals surface area contributed by atoms with Gasteiger partial charge in [0.15, 0.2) is 0 Å². The summed E-state index contributed by atoms with van der Waals surface area (Å²) in [6.07, 6.45) is 1.61. The van der Waals surface area contributed by atoms with Crippen LogP contribution < -0.4 is 15.4 Å². The van der Waals surface area contributed by atoms with Crippen molar-refractivity contribution in [3.05, 3.63) is 102 Å². The molecule has 0 spiro atoms. The van der Waals surface area contributed by atoms with Gasteiger partial charge in [-0.25, -0.2) is 0 Å². The first-order valence-electron chi connectivity index (χ1n) is 11.5. The van der Waals surface area contributed by atoms with Crippen LogP contribution in [0.5, 0.6) is 5.75 Å². The molecule has 0 radical (unpaired) electrons. The van der Waals surface area contributed by atoms with E-state index in [0.717, 1.165) is 17.2 Å². The highest BCUT2D eigenvalue weighted by atomic mass is 16.5. The number of nitrogens with one attached hydrogen (secondary N) is 2. The molecule has 3 unspecified atom stereocenters. The fraction of sp³-hybridized carbons (Fsp3) is 0.286. The Kier molecular flexibility index (Phi) is 7.40. The van der Waals surface area contributed by atoms with Gasteiger partial charge in [0.1, 0.15) is 11.8 Å². The minimum atomic E-state index is -0.701. The monoisotopic (exact) mass is 442 g/mol. The third-order valence-electron chi connectivity index (χ3n) is 6.06. The number of hydrogen-bond donors (Lipinski definition) is 2. The molecule has 1 aliphatic rings. The first kappa shape index (κ1) is 22.6. The van der Waals surface area contributed by atoms with E-state index in [1.807, 2.05) is 48.5 Å². The number of amides is 2. The van der Waals surface area contributed by atoms with Gasteiger partial charge in [-0.05, 0) is 53.6 Å². The molecular weight excluding hydrogens is 412 g/mol. The number of ether oxygens (including phenoxy) is 1. The molecule has 0 bridgehead atoms. The van der Waals surface area contributed by atoms with Crippen LogP contribution in [0.15, 0.2) is 84.9 Å². The van der Waals surface area contributed by atoms with E-state index in [4.69, 9.17) is 4.74 Å². The van der Waals surface area contributed by atoms with Gasteiger partial charge in [-0.15, -0.1) is 0 Å². The molecule has 0 aromatic heterocycles. The summed E-state index contributed by atoms with van der Waals surface area (Å²) in [6.45, 7) is 2.98. The van der Waals surface area contributed by atoms with Crippen molar-refractivity contribution in [3.63, 3.8) is 0 Å². The molecular formula is C28H30N2O3. The maximum atomic E-state index is 12.9. The van der Waals surface area contributed by atoms with Crippen LogP contribution in [0, 0.1) is 5.92 Å². The SMILES string of the molecule is CC1CC1c1ccc(OCCC(NC(=O)c2ccccc2)C(=O)NCc2ccccc2)cc1. The van der Waals surface area contributed by atoms with E-state index in [1.54, 1.807) is 24.3 Å². The molecule has 2 N–H and O–H groups in total. The Balaban J connectivity index is 1.34. The molecule has 3 aromatic carbocycles. The highest BCUT2D eigenvalue weighted by molar-refractivity contribution is 5.97. The predicted octanol–water partition coefficient (Wildman–Crippen LogP) is 4.69. The first-order chi connectivity index (χ1) is 16.1. The molecule has 3 aromatic rings. The molecule has 33 heavy (non-hydrogen) atoms. The van der Waals surface area contributed by atoms with Crippen molar-refractivity contribution in [2.24, 2.45) is 5.92 Å². The molecule has 2 amide bonds. The summed E-state index contributed by atoms with van der Waals surface area (Å²) in [5.41, 5.74) is 2.87. The van der Waals surface area contributed by atoms with Crippen LogP contribution in [-0.2, 0) is 11.3 Å². The fourth-order valence-corrected chi connectivity index (χ4v) is 3.90. The second kappa shape index (κ2) is 10.8. The van der Waals surface area contributed by atoms with Crippen molar-refractivity contribution in [1.82, 2.24) is 10.6 Å². The minimum Gasteiger partial charge on any atom is -0.494 e. The Morgan fingerprint density at radius 1 is 0.939 bits per heavy atom. The maximum Gasteiger partial charge on any atom is 0.251 e. The molecule has 170 valence electrons. The summed E-state index contributed by atoms with van der Waals surface area (Å²) in [5, 5.41) is 5.79. The van der Waals surface area contributed by atoms with Crippen molar-refractivity contribution in [2.45, 2.75) is 38.3 Å². The molecule has 0 heterocycles. The smallest absolute Gasteiger partial charge is 0.251 e. The van der Waals surface area contributed by atoms with Gasteiger partial charge in [-0.3, -0.25) is 9.59 Å².